The molecule has 1 heteroatoms. The first-order chi connectivity index (χ1) is 13.8. The van der Waals surface area contributed by atoms with Gasteiger partial charge in [0.2, 0.25) is 6.21 Å². The van der Waals surface area contributed by atoms with E-state index in [1.165, 1.54) is 27.8 Å². The van der Waals surface area contributed by atoms with Crippen LogP contribution in [0.1, 0.15) is 16.7 Å². The Morgan fingerprint density at radius 2 is 1.21 bits per heavy atom. The number of hydrogen-bond donors (Lipinski definition) is 0. The minimum absolute atomic E-state index is 0.966. The van der Waals surface area contributed by atoms with E-state index in [1.807, 2.05) is 42.6 Å². The molecule has 0 amide bonds. The van der Waals surface area contributed by atoms with Crippen molar-refractivity contribution in [3.8, 4) is 22.3 Å². The van der Waals surface area contributed by atoms with Gasteiger partial charge in [0.15, 0.2) is 0 Å². The van der Waals surface area contributed by atoms with Crippen LogP contribution in [-0.2, 0) is 0 Å². The summed E-state index contributed by atoms with van der Waals surface area (Å²) in [5.41, 5.74) is 8.07. The molecular formula is C27H21N. The molecule has 0 N–H and O–H groups in total. The van der Waals surface area contributed by atoms with E-state index >= 15 is 0 Å². The first-order valence-electron chi connectivity index (χ1n) is 9.41. The lowest BCUT2D eigenvalue weighted by Crippen LogP contribution is -1.97. The van der Waals surface area contributed by atoms with Gasteiger partial charge in [0.1, 0.15) is 0 Å². The van der Waals surface area contributed by atoms with Gasteiger partial charge in [-0.3, -0.25) is 0 Å². The molecule has 0 spiro atoms. The highest BCUT2D eigenvalue weighted by atomic mass is 14.5. The number of aryl methyl sites for hydroxylation is 1. The second-order valence-corrected chi connectivity index (χ2v) is 6.68. The summed E-state index contributed by atoms with van der Waals surface area (Å²) in [5.74, 6) is 0. The average molecular weight is 359 g/mol. The molecule has 0 aliphatic carbocycles. The summed E-state index contributed by atoms with van der Waals surface area (Å²) in [6, 6.07) is 35.4. The standard InChI is InChI=1S/C27H21N/c1-21-11-8-9-16-24(21)26-18-10-17-25(23-14-6-3-7-15-23)27(26)20-28-19-22-12-4-2-5-13-22/h2-18,20H,1H3. The van der Waals surface area contributed by atoms with Gasteiger partial charge in [-0.25, -0.2) is 0 Å². The van der Waals surface area contributed by atoms with Crippen molar-refractivity contribution in [3.05, 3.63) is 120 Å². The van der Waals surface area contributed by atoms with Crippen molar-refractivity contribution in [2.24, 2.45) is 0 Å². The van der Waals surface area contributed by atoms with Gasteiger partial charge in [-0.05, 0) is 34.7 Å². The molecule has 0 fully saturated rings. The smallest absolute Gasteiger partial charge is 0.187 e. The second kappa shape index (κ2) is 8.35. The molecule has 0 bridgehead atoms. The Morgan fingerprint density at radius 3 is 1.96 bits per heavy atom. The van der Waals surface area contributed by atoms with E-state index in [0.717, 1.165) is 11.1 Å². The van der Waals surface area contributed by atoms with E-state index in [9.17, 15) is 0 Å². The largest absolute Gasteiger partial charge is 0.290 e. The summed E-state index contributed by atoms with van der Waals surface area (Å²) in [6.07, 6.45) is 5.06. The van der Waals surface area contributed by atoms with Crippen LogP contribution in [0.15, 0.2) is 103 Å². The van der Waals surface area contributed by atoms with Crippen molar-refractivity contribution in [3.63, 3.8) is 0 Å². The molecule has 0 radical (unpaired) electrons. The maximum absolute atomic E-state index is 4.54. The summed E-state index contributed by atoms with van der Waals surface area (Å²) < 4.78 is 4.54. The normalized spacial score (nSPS) is 10.2. The molecule has 134 valence electrons. The van der Waals surface area contributed by atoms with E-state index in [1.54, 1.807) is 0 Å². The Hall–Kier alpha value is -3.67. The van der Waals surface area contributed by atoms with Crippen molar-refractivity contribution in [1.29, 1.82) is 0 Å². The van der Waals surface area contributed by atoms with E-state index in [-0.39, 0.29) is 0 Å². The molecule has 4 aromatic rings. The molecule has 0 saturated carbocycles. The summed E-state index contributed by atoms with van der Waals surface area (Å²) in [5, 5.41) is 0. The van der Waals surface area contributed by atoms with Gasteiger partial charge < -0.3 is 0 Å². The molecule has 0 unspecified atom stereocenters. The van der Waals surface area contributed by atoms with E-state index in [4.69, 9.17) is 0 Å². The Morgan fingerprint density at radius 1 is 0.607 bits per heavy atom. The molecule has 0 aliphatic heterocycles. The zero-order valence-corrected chi connectivity index (χ0v) is 15.8. The number of rotatable bonds is 4. The molecule has 1 nitrogen and oxygen atoms in total. The minimum atomic E-state index is 0.966. The van der Waals surface area contributed by atoms with Gasteiger partial charge in [0.05, 0.1) is 0 Å². The fourth-order valence-corrected chi connectivity index (χ4v) is 3.37. The van der Waals surface area contributed by atoms with Crippen molar-refractivity contribution >= 4 is 12.4 Å². The SMILES string of the molecule is Cc1ccccc1-c1cccc(-c2ccccc2)c1C=[N+]=[C-]c1ccccc1. The van der Waals surface area contributed by atoms with Gasteiger partial charge in [0.25, 0.3) is 6.21 Å². The van der Waals surface area contributed by atoms with Crippen LogP contribution in [0.3, 0.4) is 0 Å². The lowest BCUT2D eigenvalue weighted by Gasteiger charge is -2.12. The quantitative estimate of drug-likeness (QED) is 0.248. The topological polar surface area (TPSA) is 14.1 Å². The fourth-order valence-electron chi connectivity index (χ4n) is 3.37. The molecule has 0 aromatic heterocycles. The summed E-state index contributed by atoms with van der Waals surface area (Å²) in [7, 11) is 0. The Bertz CT molecular complexity index is 1140. The first-order valence-corrected chi connectivity index (χ1v) is 9.41. The molecule has 28 heavy (non-hydrogen) atoms. The van der Waals surface area contributed by atoms with Crippen molar-refractivity contribution in [1.82, 2.24) is 4.67 Å². The number of nitrogens with zero attached hydrogens (tertiary/aromatic N) is 1. The highest BCUT2D eigenvalue weighted by molar-refractivity contribution is 6.00. The number of benzene rings is 4. The Balaban J connectivity index is 1.90. The Kier molecular flexibility index (Phi) is 5.29. The van der Waals surface area contributed by atoms with Crippen LogP contribution in [0.2, 0.25) is 0 Å². The van der Waals surface area contributed by atoms with E-state index < -0.39 is 0 Å². The van der Waals surface area contributed by atoms with Crippen LogP contribution in [0.4, 0.5) is 0 Å². The summed E-state index contributed by atoms with van der Waals surface area (Å²) in [4.78, 5) is 0. The third kappa shape index (κ3) is 3.86. The molecule has 4 rings (SSSR count). The maximum atomic E-state index is 4.54. The first kappa shape index (κ1) is 17.7. The maximum Gasteiger partial charge on any atom is 0.290 e. The highest BCUT2D eigenvalue weighted by Crippen LogP contribution is 2.32. The van der Waals surface area contributed by atoms with Crippen molar-refractivity contribution < 1.29 is 0 Å². The van der Waals surface area contributed by atoms with Crippen LogP contribution in [0.25, 0.3) is 22.3 Å². The van der Waals surface area contributed by atoms with Crippen molar-refractivity contribution in [2.45, 2.75) is 6.92 Å². The van der Waals surface area contributed by atoms with Gasteiger partial charge in [-0.1, -0.05) is 84.4 Å². The number of hydrogen-bond acceptors (Lipinski definition) is 0. The van der Waals surface area contributed by atoms with E-state index in [0.29, 0.717) is 0 Å². The minimum Gasteiger partial charge on any atom is -0.187 e. The summed E-state index contributed by atoms with van der Waals surface area (Å²) >= 11 is 0. The predicted octanol–water partition coefficient (Wildman–Crippen LogP) is 5.81. The molecule has 4 aromatic carbocycles. The third-order valence-electron chi connectivity index (χ3n) is 4.79. The lowest BCUT2D eigenvalue weighted by molar-refractivity contribution is 1.45. The van der Waals surface area contributed by atoms with Gasteiger partial charge in [-0.2, -0.15) is 4.67 Å². The Labute approximate surface area is 166 Å². The lowest BCUT2D eigenvalue weighted by atomic mass is 9.90. The van der Waals surface area contributed by atoms with Crippen LogP contribution >= 0.6 is 0 Å². The highest BCUT2D eigenvalue weighted by Gasteiger charge is 2.12. The zero-order chi connectivity index (χ0) is 19.2. The van der Waals surface area contributed by atoms with E-state index in [2.05, 4.69) is 84.5 Å². The van der Waals surface area contributed by atoms with Crippen molar-refractivity contribution in [2.75, 3.05) is 0 Å². The van der Waals surface area contributed by atoms with Crippen LogP contribution in [-0.4, -0.2) is 12.4 Å². The average Bonchev–Trinajstić information content (AvgIpc) is 2.76. The molecule has 0 saturated heterocycles. The second-order valence-electron chi connectivity index (χ2n) is 6.68. The van der Waals surface area contributed by atoms with Crippen LogP contribution < -0.4 is 4.67 Å². The van der Waals surface area contributed by atoms with Crippen LogP contribution in [0, 0.1) is 6.92 Å². The van der Waals surface area contributed by atoms with Crippen LogP contribution in [0.5, 0.6) is 0 Å². The molecular weight excluding hydrogens is 338 g/mol. The third-order valence-corrected chi connectivity index (χ3v) is 4.79. The van der Waals surface area contributed by atoms with Gasteiger partial charge in [-0.15, -0.1) is 24.3 Å². The monoisotopic (exact) mass is 359 g/mol. The van der Waals surface area contributed by atoms with Gasteiger partial charge in [0, 0.05) is 5.56 Å². The summed E-state index contributed by atoms with van der Waals surface area (Å²) in [6.45, 7) is 2.15. The molecule has 0 aliphatic rings. The zero-order valence-electron chi connectivity index (χ0n) is 15.8. The molecule has 0 heterocycles. The fraction of sp³-hybridized carbons (Fsp3) is 0.0370. The molecule has 0 atom stereocenters. The predicted molar refractivity (Wildman–Crippen MR) is 120 cm³/mol. The van der Waals surface area contributed by atoms with Gasteiger partial charge >= 0.3 is 0 Å².